The van der Waals surface area contributed by atoms with Gasteiger partial charge in [-0.3, -0.25) is 9.59 Å². The summed E-state index contributed by atoms with van der Waals surface area (Å²) in [7, 11) is 0. The maximum absolute atomic E-state index is 13.4. The normalized spacial score (nSPS) is 13.5. The number of halogens is 1. The summed E-state index contributed by atoms with van der Waals surface area (Å²) in [5, 5.41) is 6.93. The van der Waals surface area contributed by atoms with Gasteiger partial charge in [0.05, 0.1) is 12.2 Å². The van der Waals surface area contributed by atoms with Crippen molar-refractivity contribution in [3.05, 3.63) is 58.3 Å². The van der Waals surface area contributed by atoms with Gasteiger partial charge in [-0.05, 0) is 31.0 Å². The summed E-state index contributed by atoms with van der Waals surface area (Å²) in [6.45, 7) is 0.247. The van der Waals surface area contributed by atoms with Crippen LogP contribution in [-0.4, -0.2) is 28.8 Å². The average Bonchev–Trinajstić information content (AvgIpc) is 3.41. The van der Waals surface area contributed by atoms with Crippen molar-refractivity contribution in [3.8, 4) is 5.75 Å². The lowest BCUT2D eigenvalue weighted by Gasteiger charge is -2.09. The molecular formula is C17H18FN3O3. The van der Waals surface area contributed by atoms with Gasteiger partial charge < -0.3 is 10.1 Å². The van der Waals surface area contributed by atoms with Crippen LogP contribution < -0.4 is 15.6 Å². The first-order chi connectivity index (χ1) is 11.6. The van der Waals surface area contributed by atoms with Crippen molar-refractivity contribution in [2.45, 2.75) is 25.3 Å². The van der Waals surface area contributed by atoms with Crippen molar-refractivity contribution in [1.82, 2.24) is 15.1 Å². The number of nitrogens with one attached hydrogen (secondary N) is 1. The van der Waals surface area contributed by atoms with Crippen LogP contribution in [0.5, 0.6) is 5.75 Å². The standard InChI is InChI=1S/C17H18FN3O3/c18-13-3-1-2-4-15(13)24-11-16(22)19-9-10-21-17(23)8-7-14(20-21)12-5-6-12/h1-4,7-8,12H,5-6,9-11H2,(H,19,22). The molecule has 126 valence electrons. The Kier molecular flexibility index (Phi) is 4.88. The largest absolute Gasteiger partial charge is 0.481 e. The van der Waals surface area contributed by atoms with Crippen LogP contribution in [0.3, 0.4) is 0 Å². The molecule has 7 heteroatoms. The fraction of sp³-hybridized carbons (Fsp3) is 0.353. The summed E-state index contributed by atoms with van der Waals surface area (Å²) in [6.07, 6.45) is 2.21. The number of aromatic nitrogens is 2. The van der Waals surface area contributed by atoms with Gasteiger partial charge in [-0.2, -0.15) is 5.10 Å². The third-order valence-electron chi connectivity index (χ3n) is 3.72. The number of nitrogens with zero attached hydrogens (tertiary/aromatic N) is 2. The Morgan fingerprint density at radius 1 is 1.29 bits per heavy atom. The molecule has 0 spiro atoms. The molecule has 0 radical (unpaired) electrons. The second-order valence-electron chi connectivity index (χ2n) is 5.66. The summed E-state index contributed by atoms with van der Waals surface area (Å²) in [6, 6.07) is 9.15. The minimum absolute atomic E-state index is 0.0303. The fourth-order valence-electron chi connectivity index (χ4n) is 2.28. The van der Waals surface area contributed by atoms with Crippen LogP contribution in [0.25, 0.3) is 0 Å². The maximum Gasteiger partial charge on any atom is 0.266 e. The fourth-order valence-corrected chi connectivity index (χ4v) is 2.28. The molecule has 1 heterocycles. The van der Waals surface area contributed by atoms with Gasteiger partial charge in [-0.15, -0.1) is 0 Å². The topological polar surface area (TPSA) is 73.2 Å². The highest BCUT2D eigenvalue weighted by atomic mass is 19.1. The van der Waals surface area contributed by atoms with Gasteiger partial charge in [-0.25, -0.2) is 9.07 Å². The van der Waals surface area contributed by atoms with Crippen molar-refractivity contribution in [2.24, 2.45) is 0 Å². The van der Waals surface area contributed by atoms with Crippen molar-refractivity contribution >= 4 is 5.91 Å². The molecule has 0 unspecified atom stereocenters. The van der Waals surface area contributed by atoms with Crippen molar-refractivity contribution in [1.29, 1.82) is 0 Å². The van der Waals surface area contributed by atoms with E-state index in [4.69, 9.17) is 4.74 Å². The van der Waals surface area contributed by atoms with E-state index in [1.165, 1.54) is 22.9 Å². The monoisotopic (exact) mass is 331 g/mol. The van der Waals surface area contributed by atoms with E-state index in [0.29, 0.717) is 5.92 Å². The average molecular weight is 331 g/mol. The highest BCUT2D eigenvalue weighted by Crippen LogP contribution is 2.38. The van der Waals surface area contributed by atoms with Gasteiger partial charge in [0, 0.05) is 18.5 Å². The van der Waals surface area contributed by atoms with E-state index in [0.717, 1.165) is 18.5 Å². The first-order valence-corrected chi connectivity index (χ1v) is 7.85. The predicted molar refractivity (Wildman–Crippen MR) is 85.4 cm³/mol. The molecule has 0 aliphatic heterocycles. The van der Waals surface area contributed by atoms with Gasteiger partial charge >= 0.3 is 0 Å². The SMILES string of the molecule is O=C(COc1ccccc1F)NCCn1nc(C2CC2)ccc1=O. The highest BCUT2D eigenvalue weighted by Gasteiger charge is 2.25. The molecule has 1 amide bonds. The molecule has 1 saturated carbocycles. The van der Waals surface area contributed by atoms with E-state index in [2.05, 4.69) is 10.4 Å². The van der Waals surface area contributed by atoms with Gasteiger partial charge in [0.15, 0.2) is 18.2 Å². The number of hydrogen-bond donors (Lipinski definition) is 1. The molecule has 1 aliphatic carbocycles. The molecule has 1 aromatic carbocycles. The Labute approximate surface area is 138 Å². The number of ether oxygens (including phenoxy) is 1. The maximum atomic E-state index is 13.4. The number of hydrogen-bond acceptors (Lipinski definition) is 4. The highest BCUT2D eigenvalue weighted by molar-refractivity contribution is 5.77. The smallest absolute Gasteiger partial charge is 0.266 e. The van der Waals surface area contributed by atoms with E-state index in [-0.39, 0.29) is 36.9 Å². The van der Waals surface area contributed by atoms with Gasteiger partial charge in [-0.1, -0.05) is 12.1 Å². The predicted octanol–water partition coefficient (Wildman–Crippen LogP) is 1.45. The minimum Gasteiger partial charge on any atom is -0.481 e. The van der Waals surface area contributed by atoms with Crippen LogP contribution in [0.15, 0.2) is 41.2 Å². The lowest BCUT2D eigenvalue weighted by Crippen LogP contribution is -2.34. The quantitative estimate of drug-likeness (QED) is 0.833. The van der Waals surface area contributed by atoms with E-state index >= 15 is 0 Å². The molecule has 3 rings (SSSR count). The van der Waals surface area contributed by atoms with Gasteiger partial charge in [0.25, 0.3) is 11.5 Å². The Hall–Kier alpha value is -2.70. The zero-order valence-electron chi connectivity index (χ0n) is 13.1. The van der Waals surface area contributed by atoms with Crippen LogP contribution in [-0.2, 0) is 11.3 Å². The van der Waals surface area contributed by atoms with Crippen molar-refractivity contribution in [2.75, 3.05) is 13.2 Å². The number of carbonyl (C=O) groups is 1. The van der Waals surface area contributed by atoms with E-state index in [1.807, 2.05) is 0 Å². The first kappa shape index (κ1) is 16.2. The molecular weight excluding hydrogens is 313 g/mol. The molecule has 0 atom stereocenters. The molecule has 1 fully saturated rings. The zero-order chi connectivity index (χ0) is 16.9. The van der Waals surface area contributed by atoms with Crippen molar-refractivity contribution in [3.63, 3.8) is 0 Å². The molecule has 0 saturated heterocycles. The number of amides is 1. The third-order valence-corrected chi connectivity index (χ3v) is 3.72. The van der Waals surface area contributed by atoms with Crippen LogP contribution in [0.4, 0.5) is 4.39 Å². The van der Waals surface area contributed by atoms with Crippen molar-refractivity contribution < 1.29 is 13.9 Å². The van der Waals surface area contributed by atoms with Gasteiger partial charge in [0.2, 0.25) is 0 Å². The summed E-state index contributed by atoms with van der Waals surface area (Å²) < 4.78 is 19.8. The first-order valence-electron chi connectivity index (χ1n) is 7.85. The number of benzene rings is 1. The third kappa shape index (κ3) is 4.18. The number of rotatable bonds is 7. The number of carbonyl (C=O) groups excluding carboxylic acids is 1. The molecule has 2 aromatic rings. The Morgan fingerprint density at radius 3 is 2.83 bits per heavy atom. The Morgan fingerprint density at radius 2 is 2.08 bits per heavy atom. The zero-order valence-corrected chi connectivity index (χ0v) is 13.1. The number of para-hydroxylation sites is 1. The summed E-state index contributed by atoms with van der Waals surface area (Å²) >= 11 is 0. The van der Waals surface area contributed by atoms with E-state index in [1.54, 1.807) is 18.2 Å². The Balaban J connectivity index is 1.46. The second kappa shape index (κ2) is 7.25. The molecule has 1 N–H and O–H groups in total. The van der Waals surface area contributed by atoms with Gasteiger partial charge in [0.1, 0.15) is 0 Å². The van der Waals surface area contributed by atoms with Crippen LogP contribution in [0.1, 0.15) is 24.5 Å². The van der Waals surface area contributed by atoms with E-state index in [9.17, 15) is 14.0 Å². The summed E-state index contributed by atoms with van der Waals surface area (Å²) in [5.41, 5.74) is 0.722. The Bertz CT molecular complexity index is 787. The lowest BCUT2D eigenvalue weighted by atomic mass is 10.3. The van der Waals surface area contributed by atoms with Crippen LogP contribution in [0, 0.1) is 5.82 Å². The molecule has 24 heavy (non-hydrogen) atoms. The summed E-state index contributed by atoms with van der Waals surface area (Å²) in [4.78, 5) is 23.5. The minimum atomic E-state index is -0.516. The summed E-state index contributed by atoms with van der Waals surface area (Å²) in [5.74, 6) is -0.411. The second-order valence-corrected chi connectivity index (χ2v) is 5.66. The van der Waals surface area contributed by atoms with Crippen LogP contribution >= 0.6 is 0 Å². The lowest BCUT2D eigenvalue weighted by molar-refractivity contribution is -0.123. The van der Waals surface area contributed by atoms with Crippen LogP contribution in [0.2, 0.25) is 0 Å². The molecule has 0 bridgehead atoms. The van der Waals surface area contributed by atoms with E-state index < -0.39 is 5.82 Å². The molecule has 1 aliphatic rings. The molecule has 6 nitrogen and oxygen atoms in total. The molecule has 1 aromatic heterocycles.